The molecule has 0 saturated heterocycles. The van der Waals surface area contributed by atoms with Crippen LogP contribution in [0, 0.1) is 5.41 Å². The molecule has 1 aromatic carbocycles. The molecular weight excluding hydrogens is 518 g/mol. The fourth-order valence-electron chi connectivity index (χ4n) is 3.57. The fraction of sp³-hybridized carbons (Fsp3) is 0.417. The van der Waals surface area contributed by atoms with Gasteiger partial charge >= 0.3 is 6.09 Å². The van der Waals surface area contributed by atoms with E-state index >= 15 is 0 Å². The molecule has 11 nitrogen and oxygen atoms in total. The molecule has 3 amide bonds. The zero-order chi connectivity index (χ0) is 27.5. The summed E-state index contributed by atoms with van der Waals surface area (Å²) in [6.07, 6.45) is 1.17. The third-order valence-corrected chi connectivity index (χ3v) is 7.63. The zero-order valence-electron chi connectivity index (χ0n) is 20.8. The number of carbonyl (C=O) groups excluding carboxylic acids is 3. The van der Waals surface area contributed by atoms with Crippen molar-refractivity contribution in [1.82, 2.24) is 16.0 Å². The minimum Gasteiger partial charge on any atom is -0.453 e. The van der Waals surface area contributed by atoms with Gasteiger partial charge in [0.2, 0.25) is 11.8 Å². The smallest absolute Gasteiger partial charge is 0.407 e. The second-order valence-corrected chi connectivity index (χ2v) is 12.0. The van der Waals surface area contributed by atoms with E-state index in [2.05, 4.69) is 16.0 Å². The highest BCUT2D eigenvalue weighted by Gasteiger charge is 2.40. The van der Waals surface area contributed by atoms with Crippen molar-refractivity contribution in [2.45, 2.75) is 37.8 Å². The van der Waals surface area contributed by atoms with Crippen molar-refractivity contribution < 1.29 is 27.5 Å². The molecular formula is C24H33N5O6S2. The van der Waals surface area contributed by atoms with Gasteiger partial charge in [0.05, 0.1) is 30.8 Å². The number of amides is 3. The van der Waals surface area contributed by atoms with Crippen LogP contribution in [0.25, 0.3) is 0 Å². The Balaban J connectivity index is 2.10. The Labute approximate surface area is 220 Å². The van der Waals surface area contributed by atoms with E-state index < -0.39 is 33.3 Å². The summed E-state index contributed by atoms with van der Waals surface area (Å²) >= 11 is 1.27. The number of alkyl carbamates (subject to hydrolysis) is 1. The Morgan fingerprint density at radius 1 is 1.08 bits per heavy atom. The number of benzene rings is 1. The van der Waals surface area contributed by atoms with Crippen molar-refractivity contribution in [3.05, 3.63) is 57.8 Å². The first kappa shape index (κ1) is 29.8. The van der Waals surface area contributed by atoms with Gasteiger partial charge in [0, 0.05) is 11.1 Å². The molecule has 0 fully saturated rings. The average Bonchev–Trinajstić information content (AvgIpc) is 3.34. The number of carbonyl (C=O) groups is 3. The molecule has 2 rings (SSSR count). The number of hydrogen-bond acceptors (Lipinski definition) is 8. The predicted octanol–water partition coefficient (Wildman–Crippen LogP) is 1.32. The van der Waals surface area contributed by atoms with Crippen LogP contribution >= 0.6 is 11.3 Å². The summed E-state index contributed by atoms with van der Waals surface area (Å²) in [4.78, 5) is 39.3. The molecule has 0 aliphatic rings. The van der Waals surface area contributed by atoms with E-state index in [1.54, 1.807) is 12.1 Å². The summed E-state index contributed by atoms with van der Waals surface area (Å²) in [5.74, 6) is -1.57. The summed E-state index contributed by atoms with van der Waals surface area (Å²) in [6.45, 7) is -0.199. The number of hydrogen-bond donors (Lipinski definition) is 5. The van der Waals surface area contributed by atoms with Crippen molar-refractivity contribution in [2.75, 3.05) is 25.7 Å². The highest BCUT2D eigenvalue weighted by Crippen LogP contribution is 2.22. The fourth-order valence-corrected chi connectivity index (χ4v) is 5.10. The van der Waals surface area contributed by atoms with Crippen LogP contribution in [0.15, 0.2) is 42.5 Å². The highest BCUT2D eigenvalue weighted by atomic mass is 32.2. The normalized spacial score (nSPS) is 12.7. The number of nitrogens with two attached hydrogens (primary N) is 1. The van der Waals surface area contributed by atoms with Gasteiger partial charge < -0.3 is 26.4 Å². The Bertz CT molecular complexity index is 1200. The molecule has 0 aliphatic carbocycles. The second kappa shape index (κ2) is 13.7. The first-order chi connectivity index (χ1) is 17.4. The van der Waals surface area contributed by atoms with Crippen molar-refractivity contribution in [3.8, 4) is 0 Å². The van der Waals surface area contributed by atoms with Crippen LogP contribution in [-0.4, -0.2) is 63.4 Å². The van der Waals surface area contributed by atoms with Crippen molar-refractivity contribution >= 4 is 44.9 Å². The third-order valence-electron chi connectivity index (χ3n) is 5.57. The van der Waals surface area contributed by atoms with Crippen LogP contribution < -0.4 is 21.7 Å². The average molecular weight is 552 g/mol. The van der Waals surface area contributed by atoms with Crippen molar-refractivity contribution in [1.29, 1.82) is 5.41 Å². The molecule has 0 aliphatic heterocycles. The Morgan fingerprint density at radius 2 is 1.78 bits per heavy atom. The van der Waals surface area contributed by atoms with E-state index in [0.717, 1.165) is 23.8 Å². The molecule has 2 aromatic rings. The van der Waals surface area contributed by atoms with Crippen LogP contribution in [0.4, 0.5) is 4.79 Å². The number of amidine groups is 1. The van der Waals surface area contributed by atoms with Gasteiger partial charge in [0.25, 0.3) is 0 Å². The minimum atomic E-state index is -3.46. The van der Waals surface area contributed by atoms with Gasteiger partial charge in [-0.25, -0.2) is 13.2 Å². The lowest BCUT2D eigenvalue weighted by atomic mass is 9.87. The maximum absolute atomic E-state index is 13.3. The maximum atomic E-state index is 13.3. The molecule has 0 radical (unpaired) electrons. The highest BCUT2D eigenvalue weighted by molar-refractivity contribution is 7.90. The molecule has 1 heterocycles. The summed E-state index contributed by atoms with van der Waals surface area (Å²) in [5, 5.41) is 15.2. The molecule has 1 unspecified atom stereocenters. The molecule has 6 N–H and O–H groups in total. The van der Waals surface area contributed by atoms with E-state index in [0.29, 0.717) is 17.7 Å². The molecule has 0 saturated carbocycles. The second-order valence-electron chi connectivity index (χ2n) is 8.56. The summed E-state index contributed by atoms with van der Waals surface area (Å²) in [5.41, 5.74) is 4.88. The monoisotopic (exact) mass is 551 g/mol. The molecule has 1 atom stereocenters. The Morgan fingerprint density at radius 3 is 2.38 bits per heavy atom. The van der Waals surface area contributed by atoms with Gasteiger partial charge in [-0.2, -0.15) is 0 Å². The SMILES string of the molecule is COC(=O)NC(CCCc1ccccc1)(CCS(C)(=O)=O)C(=O)NCC(=O)NCc1ccc(C(=N)N)s1. The number of nitrogen functional groups attached to an aromatic ring is 1. The number of methoxy groups -OCH3 is 1. The molecule has 202 valence electrons. The van der Waals surface area contributed by atoms with Crippen molar-refractivity contribution in [2.24, 2.45) is 5.73 Å². The van der Waals surface area contributed by atoms with E-state index in [9.17, 15) is 22.8 Å². The van der Waals surface area contributed by atoms with Crippen LogP contribution in [-0.2, 0) is 37.1 Å². The number of nitrogens with one attached hydrogen (secondary N) is 4. The summed E-state index contributed by atoms with van der Waals surface area (Å²) in [7, 11) is -2.31. The van der Waals surface area contributed by atoms with Crippen molar-refractivity contribution in [3.63, 3.8) is 0 Å². The van der Waals surface area contributed by atoms with Crippen LogP contribution in [0.3, 0.4) is 0 Å². The van der Waals surface area contributed by atoms with Gasteiger partial charge in [0.1, 0.15) is 21.2 Å². The molecule has 0 bridgehead atoms. The first-order valence-electron chi connectivity index (χ1n) is 11.5. The number of sulfone groups is 1. The number of aryl methyl sites for hydroxylation is 1. The summed E-state index contributed by atoms with van der Waals surface area (Å²) < 4.78 is 28.5. The van der Waals surface area contributed by atoms with Gasteiger partial charge in [-0.15, -0.1) is 11.3 Å². The molecule has 0 spiro atoms. The number of thiophene rings is 1. The molecule has 37 heavy (non-hydrogen) atoms. The van der Waals surface area contributed by atoms with E-state index in [1.807, 2.05) is 30.3 Å². The van der Waals surface area contributed by atoms with E-state index in [-0.39, 0.29) is 37.5 Å². The Hall–Kier alpha value is -3.45. The maximum Gasteiger partial charge on any atom is 0.407 e. The van der Waals surface area contributed by atoms with Gasteiger partial charge in [-0.05, 0) is 43.4 Å². The predicted molar refractivity (Wildman–Crippen MR) is 142 cm³/mol. The first-order valence-corrected chi connectivity index (χ1v) is 14.4. The molecule has 13 heteroatoms. The van der Waals surface area contributed by atoms with Crippen LogP contribution in [0.5, 0.6) is 0 Å². The largest absolute Gasteiger partial charge is 0.453 e. The van der Waals surface area contributed by atoms with Gasteiger partial charge in [-0.1, -0.05) is 30.3 Å². The lowest BCUT2D eigenvalue weighted by Crippen LogP contribution is -2.60. The third kappa shape index (κ3) is 10.2. The van der Waals surface area contributed by atoms with Crippen LogP contribution in [0.2, 0.25) is 0 Å². The summed E-state index contributed by atoms with van der Waals surface area (Å²) in [6, 6.07) is 13.0. The number of rotatable bonds is 14. The lowest BCUT2D eigenvalue weighted by Gasteiger charge is -2.33. The minimum absolute atomic E-state index is 0.0642. The van der Waals surface area contributed by atoms with Gasteiger partial charge in [-0.3, -0.25) is 15.0 Å². The lowest BCUT2D eigenvalue weighted by molar-refractivity contribution is -0.130. The molecule has 1 aromatic heterocycles. The topological polar surface area (TPSA) is 181 Å². The van der Waals surface area contributed by atoms with E-state index in [1.165, 1.54) is 11.3 Å². The van der Waals surface area contributed by atoms with E-state index in [4.69, 9.17) is 15.9 Å². The standard InChI is InChI=1S/C24H33N5O6S2/c1-35-23(32)29-24(13-14-37(2,33)34,12-6-9-17-7-4-3-5-8-17)22(31)28-16-20(30)27-15-18-10-11-19(36-18)21(25)26/h3-5,7-8,10-11H,6,9,12-16H2,1-2H3,(H3,25,26)(H,27,30)(H,28,31)(H,29,32). The number of ether oxygens (including phenoxy) is 1. The van der Waals surface area contributed by atoms with Crippen LogP contribution in [0.1, 0.15) is 34.6 Å². The Kier molecular flexibility index (Phi) is 11.1. The quantitative estimate of drug-likeness (QED) is 0.173. The van der Waals surface area contributed by atoms with Gasteiger partial charge in [0.15, 0.2) is 0 Å². The zero-order valence-corrected chi connectivity index (χ0v) is 22.5.